The van der Waals surface area contributed by atoms with Gasteiger partial charge in [-0.15, -0.1) is 0 Å². The van der Waals surface area contributed by atoms with Crippen LogP contribution in [0.15, 0.2) is 0 Å². The predicted octanol–water partition coefficient (Wildman–Crippen LogP) is -0.257. The molecular formula is C7H13N3O. The Bertz CT molecular complexity index is 171. The van der Waals surface area contributed by atoms with E-state index in [0.29, 0.717) is 12.2 Å². The SMILES string of the molecule is N=C(N)N1C[C@H]2CC[C@@H](C1)O2. The van der Waals surface area contributed by atoms with Gasteiger partial charge in [0.05, 0.1) is 12.2 Å². The van der Waals surface area contributed by atoms with Gasteiger partial charge in [0.1, 0.15) is 0 Å². The van der Waals surface area contributed by atoms with Crippen LogP contribution in [0.4, 0.5) is 0 Å². The van der Waals surface area contributed by atoms with Gasteiger partial charge in [0, 0.05) is 13.1 Å². The molecule has 2 aliphatic rings. The average molecular weight is 155 g/mol. The molecular weight excluding hydrogens is 142 g/mol. The molecule has 2 atom stereocenters. The van der Waals surface area contributed by atoms with E-state index in [0.717, 1.165) is 25.9 Å². The van der Waals surface area contributed by atoms with E-state index in [9.17, 15) is 0 Å². The van der Waals surface area contributed by atoms with E-state index < -0.39 is 0 Å². The third-order valence-electron chi connectivity index (χ3n) is 2.38. The van der Waals surface area contributed by atoms with Crippen LogP contribution in [0.3, 0.4) is 0 Å². The Morgan fingerprint density at radius 2 is 1.91 bits per heavy atom. The fraction of sp³-hybridized carbons (Fsp3) is 0.857. The van der Waals surface area contributed by atoms with E-state index in [2.05, 4.69) is 0 Å². The van der Waals surface area contributed by atoms with E-state index in [4.69, 9.17) is 15.9 Å². The van der Waals surface area contributed by atoms with Gasteiger partial charge in [-0.3, -0.25) is 5.41 Å². The van der Waals surface area contributed by atoms with Crippen LogP contribution in [0.5, 0.6) is 0 Å². The van der Waals surface area contributed by atoms with E-state index in [1.165, 1.54) is 0 Å². The molecule has 2 fully saturated rings. The highest BCUT2D eigenvalue weighted by molar-refractivity contribution is 5.74. The first-order valence-corrected chi connectivity index (χ1v) is 4.00. The van der Waals surface area contributed by atoms with Crippen LogP contribution in [0.25, 0.3) is 0 Å². The van der Waals surface area contributed by atoms with Crippen molar-refractivity contribution in [1.29, 1.82) is 5.41 Å². The van der Waals surface area contributed by atoms with Gasteiger partial charge in [0.25, 0.3) is 0 Å². The van der Waals surface area contributed by atoms with Crippen LogP contribution in [-0.4, -0.2) is 36.2 Å². The summed E-state index contributed by atoms with van der Waals surface area (Å²) >= 11 is 0. The van der Waals surface area contributed by atoms with Gasteiger partial charge in [-0.1, -0.05) is 0 Å². The Morgan fingerprint density at radius 1 is 1.36 bits per heavy atom. The van der Waals surface area contributed by atoms with Crippen LogP contribution in [0.2, 0.25) is 0 Å². The minimum absolute atomic E-state index is 0.185. The number of guanidine groups is 1. The number of nitrogens with one attached hydrogen (secondary N) is 1. The molecule has 2 saturated heterocycles. The standard InChI is InChI=1S/C7H13N3O/c8-7(9)10-3-5-1-2-6(4-10)11-5/h5-6H,1-4H2,(H3,8,9)/t5-,6+. The lowest BCUT2D eigenvalue weighted by molar-refractivity contribution is -0.0163. The zero-order valence-corrected chi connectivity index (χ0v) is 6.42. The second-order valence-electron chi connectivity index (χ2n) is 3.25. The Morgan fingerprint density at radius 3 is 2.36 bits per heavy atom. The molecule has 0 radical (unpaired) electrons. The summed E-state index contributed by atoms with van der Waals surface area (Å²) in [5.74, 6) is 0.185. The molecule has 0 unspecified atom stereocenters. The van der Waals surface area contributed by atoms with E-state index in [1.807, 2.05) is 4.90 Å². The number of hydrogen-bond donors (Lipinski definition) is 2. The molecule has 2 bridgehead atoms. The van der Waals surface area contributed by atoms with Gasteiger partial charge in [-0.2, -0.15) is 0 Å². The summed E-state index contributed by atoms with van der Waals surface area (Å²) in [6, 6.07) is 0. The average Bonchev–Trinajstić information content (AvgIpc) is 2.30. The lowest BCUT2D eigenvalue weighted by Crippen LogP contribution is -2.48. The van der Waals surface area contributed by atoms with Crippen LogP contribution < -0.4 is 5.73 Å². The summed E-state index contributed by atoms with van der Waals surface area (Å²) in [5.41, 5.74) is 5.37. The van der Waals surface area contributed by atoms with Gasteiger partial charge in [-0.05, 0) is 12.8 Å². The fourth-order valence-corrected chi connectivity index (χ4v) is 1.81. The molecule has 62 valence electrons. The lowest BCUT2D eigenvalue weighted by atomic mass is 10.2. The maximum absolute atomic E-state index is 7.24. The zero-order valence-electron chi connectivity index (χ0n) is 6.42. The molecule has 0 spiro atoms. The molecule has 2 aliphatic heterocycles. The summed E-state index contributed by atoms with van der Waals surface area (Å²) < 4.78 is 5.58. The number of rotatable bonds is 0. The summed E-state index contributed by atoms with van der Waals surface area (Å²) in [6.45, 7) is 1.62. The maximum Gasteiger partial charge on any atom is 0.188 e. The van der Waals surface area contributed by atoms with Crippen molar-refractivity contribution >= 4 is 5.96 Å². The number of likely N-dealkylation sites (tertiary alicyclic amines) is 1. The first kappa shape index (κ1) is 6.91. The Balaban J connectivity index is 2.02. The number of morpholine rings is 1. The van der Waals surface area contributed by atoms with Crippen LogP contribution in [-0.2, 0) is 4.74 Å². The molecule has 11 heavy (non-hydrogen) atoms. The van der Waals surface area contributed by atoms with Crippen molar-refractivity contribution < 1.29 is 4.74 Å². The Labute approximate surface area is 65.8 Å². The monoisotopic (exact) mass is 155 g/mol. The van der Waals surface area contributed by atoms with Gasteiger partial charge in [0.2, 0.25) is 0 Å². The van der Waals surface area contributed by atoms with Crippen LogP contribution in [0.1, 0.15) is 12.8 Å². The highest BCUT2D eigenvalue weighted by atomic mass is 16.5. The van der Waals surface area contributed by atoms with Crippen molar-refractivity contribution in [3.8, 4) is 0 Å². The van der Waals surface area contributed by atoms with Crippen molar-refractivity contribution in [3.63, 3.8) is 0 Å². The minimum atomic E-state index is 0.185. The highest BCUT2D eigenvalue weighted by Gasteiger charge is 2.33. The summed E-state index contributed by atoms with van der Waals surface area (Å²) in [5, 5.41) is 7.24. The van der Waals surface area contributed by atoms with Crippen LogP contribution in [0, 0.1) is 5.41 Å². The first-order chi connectivity index (χ1) is 5.25. The largest absolute Gasteiger partial charge is 0.371 e. The number of fused-ring (bicyclic) bond motifs is 2. The molecule has 0 aromatic heterocycles. The zero-order chi connectivity index (χ0) is 7.84. The van der Waals surface area contributed by atoms with Gasteiger partial charge >= 0.3 is 0 Å². The topological polar surface area (TPSA) is 62.3 Å². The first-order valence-electron chi connectivity index (χ1n) is 4.00. The highest BCUT2D eigenvalue weighted by Crippen LogP contribution is 2.25. The number of nitrogens with zero attached hydrogens (tertiary/aromatic N) is 1. The second-order valence-corrected chi connectivity index (χ2v) is 3.25. The maximum atomic E-state index is 7.24. The molecule has 0 saturated carbocycles. The minimum Gasteiger partial charge on any atom is -0.371 e. The van der Waals surface area contributed by atoms with E-state index in [1.54, 1.807) is 0 Å². The molecule has 0 amide bonds. The third kappa shape index (κ3) is 1.18. The summed E-state index contributed by atoms with van der Waals surface area (Å²) in [4.78, 5) is 1.89. The predicted molar refractivity (Wildman–Crippen MR) is 41.4 cm³/mol. The van der Waals surface area contributed by atoms with Gasteiger partial charge in [0.15, 0.2) is 5.96 Å². The Kier molecular flexibility index (Phi) is 1.49. The molecule has 3 N–H and O–H groups in total. The lowest BCUT2D eigenvalue weighted by Gasteiger charge is -2.32. The van der Waals surface area contributed by atoms with Crippen molar-refractivity contribution in [1.82, 2.24) is 4.90 Å². The molecule has 4 nitrogen and oxygen atoms in total. The molecule has 0 aromatic rings. The second kappa shape index (κ2) is 2.37. The Hall–Kier alpha value is -0.770. The number of ether oxygens (including phenoxy) is 1. The fourth-order valence-electron chi connectivity index (χ4n) is 1.81. The summed E-state index contributed by atoms with van der Waals surface area (Å²) in [7, 11) is 0. The van der Waals surface area contributed by atoms with Crippen molar-refractivity contribution in [3.05, 3.63) is 0 Å². The van der Waals surface area contributed by atoms with Crippen molar-refractivity contribution in [2.75, 3.05) is 13.1 Å². The molecule has 2 heterocycles. The molecule has 4 heteroatoms. The quantitative estimate of drug-likeness (QED) is 0.374. The molecule has 2 rings (SSSR count). The normalized spacial score (nSPS) is 35.8. The number of nitrogens with two attached hydrogens (primary N) is 1. The molecule has 0 aromatic carbocycles. The van der Waals surface area contributed by atoms with Gasteiger partial charge < -0.3 is 15.4 Å². The van der Waals surface area contributed by atoms with Crippen molar-refractivity contribution in [2.24, 2.45) is 5.73 Å². The van der Waals surface area contributed by atoms with Gasteiger partial charge in [-0.25, -0.2) is 0 Å². The smallest absolute Gasteiger partial charge is 0.188 e. The van der Waals surface area contributed by atoms with Crippen molar-refractivity contribution in [2.45, 2.75) is 25.0 Å². The molecule has 0 aliphatic carbocycles. The van der Waals surface area contributed by atoms with E-state index >= 15 is 0 Å². The third-order valence-corrected chi connectivity index (χ3v) is 2.38. The summed E-state index contributed by atoms with van der Waals surface area (Å²) in [6.07, 6.45) is 2.93. The number of hydrogen-bond acceptors (Lipinski definition) is 2. The van der Waals surface area contributed by atoms with Crippen LogP contribution >= 0.6 is 0 Å². The van der Waals surface area contributed by atoms with E-state index in [-0.39, 0.29) is 5.96 Å².